The maximum absolute atomic E-state index is 12.8. The van der Waals surface area contributed by atoms with Crippen molar-refractivity contribution in [2.45, 2.75) is 26.9 Å². The van der Waals surface area contributed by atoms with Gasteiger partial charge in [0.05, 0.1) is 10.5 Å². The van der Waals surface area contributed by atoms with Gasteiger partial charge in [-0.1, -0.05) is 18.2 Å². The molecule has 0 saturated heterocycles. The van der Waals surface area contributed by atoms with E-state index in [1.54, 1.807) is 13.0 Å². The maximum Gasteiger partial charge on any atom is 0.340 e. The van der Waals surface area contributed by atoms with Gasteiger partial charge >= 0.3 is 5.97 Å². The van der Waals surface area contributed by atoms with E-state index in [-0.39, 0.29) is 17.5 Å². The Kier molecular flexibility index (Phi) is 5.55. The lowest BCUT2D eigenvalue weighted by molar-refractivity contribution is -0.384. The number of hydrogen-bond donors (Lipinski definition) is 0. The van der Waals surface area contributed by atoms with Crippen molar-refractivity contribution in [2.75, 3.05) is 0 Å². The number of hydrogen-bond acceptors (Lipinski definition) is 7. The zero-order valence-electron chi connectivity index (χ0n) is 17.7. The van der Waals surface area contributed by atoms with Crippen LogP contribution in [0.2, 0.25) is 0 Å². The molecule has 4 aromatic rings. The lowest BCUT2D eigenvalue weighted by Gasteiger charge is -2.11. The molecule has 0 fully saturated rings. The second-order valence-electron chi connectivity index (χ2n) is 7.25. The van der Waals surface area contributed by atoms with Crippen molar-refractivity contribution in [1.29, 1.82) is 0 Å². The predicted molar refractivity (Wildman–Crippen MR) is 115 cm³/mol. The molecule has 162 valence electrons. The van der Waals surface area contributed by atoms with Crippen molar-refractivity contribution in [1.82, 2.24) is 14.8 Å². The average Bonchev–Trinajstić information content (AvgIpc) is 3.39. The number of nitrogens with zero attached hydrogens (tertiary/aromatic N) is 4. The SMILES string of the molecule is Cc1cc(C(=O)OC(C)c2nnc(-c3ccc([N+](=O)[O-])cc3)o2)c(C)n1-c1ccccc1. The number of benzene rings is 2. The Balaban J connectivity index is 1.51. The summed E-state index contributed by atoms with van der Waals surface area (Å²) in [5.41, 5.74) is 3.57. The summed E-state index contributed by atoms with van der Waals surface area (Å²) >= 11 is 0. The summed E-state index contributed by atoms with van der Waals surface area (Å²) in [6.07, 6.45) is -0.776. The van der Waals surface area contributed by atoms with Crippen molar-refractivity contribution in [3.63, 3.8) is 0 Å². The van der Waals surface area contributed by atoms with E-state index in [2.05, 4.69) is 10.2 Å². The van der Waals surface area contributed by atoms with Gasteiger partial charge in [0.15, 0.2) is 6.10 Å². The summed E-state index contributed by atoms with van der Waals surface area (Å²) in [4.78, 5) is 23.1. The van der Waals surface area contributed by atoms with Crippen LogP contribution in [0.25, 0.3) is 17.1 Å². The van der Waals surface area contributed by atoms with Crippen molar-refractivity contribution >= 4 is 11.7 Å². The Morgan fingerprint density at radius 3 is 2.44 bits per heavy atom. The van der Waals surface area contributed by atoms with Crippen LogP contribution >= 0.6 is 0 Å². The molecule has 0 spiro atoms. The molecule has 0 aliphatic rings. The number of para-hydroxylation sites is 1. The molecule has 1 unspecified atom stereocenters. The number of aryl methyl sites for hydroxylation is 1. The number of aromatic nitrogens is 3. The van der Waals surface area contributed by atoms with Crippen LogP contribution < -0.4 is 0 Å². The zero-order chi connectivity index (χ0) is 22.8. The van der Waals surface area contributed by atoms with Gasteiger partial charge in [-0.15, -0.1) is 10.2 Å². The first kappa shape index (κ1) is 21.0. The molecule has 2 aromatic carbocycles. The first-order valence-corrected chi connectivity index (χ1v) is 9.88. The molecular weight excluding hydrogens is 412 g/mol. The van der Waals surface area contributed by atoms with Crippen LogP contribution in [0.1, 0.15) is 40.7 Å². The molecule has 1 atom stereocenters. The first-order chi connectivity index (χ1) is 15.3. The van der Waals surface area contributed by atoms with Crippen molar-refractivity contribution in [2.24, 2.45) is 0 Å². The molecule has 4 rings (SSSR count). The molecule has 0 amide bonds. The van der Waals surface area contributed by atoms with Gasteiger partial charge in [0.2, 0.25) is 5.89 Å². The summed E-state index contributed by atoms with van der Waals surface area (Å²) in [5.74, 6) is -0.188. The molecule has 9 nitrogen and oxygen atoms in total. The number of non-ortho nitro benzene ring substituents is 1. The third kappa shape index (κ3) is 4.00. The zero-order valence-corrected chi connectivity index (χ0v) is 17.7. The summed E-state index contributed by atoms with van der Waals surface area (Å²) in [7, 11) is 0. The molecular formula is C23H20N4O5. The lowest BCUT2D eigenvalue weighted by atomic mass is 10.2. The first-order valence-electron chi connectivity index (χ1n) is 9.88. The fourth-order valence-electron chi connectivity index (χ4n) is 3.46. The van der Waals surface area contributed by atoms with E-state index in [0.717, 1.165) is 17.1 Å². The Labute approximate surface area is 183 Å². The number of rotatable bonds is 6. The highest BCUT2D eigenvalue weighted by Crippen LogP contribution is 2.26. The smallest absolute Gasteiger partial charge is 0.340 e. The van der Waals surface area contributed by atoms with Gasteiger partial charge in [-0.25, -0.2) is 4.79 Å². The highest BCUT2D eigenvalue weighted by Gasteiger charge is 2.23. The highest BCUT2D eigenvalue weighted by molar-refractivity contribution is 5.91. The van der Waals surface area contributed by atoms with Crippen molar-refractivity contribution in [3.8, 4) is 17.1 Å². The molecule has 0 N–H and O–H groups in total. The number of carbonyl (C=O) groups excluding carboxylic acids is 1. The van der Waals surface area contributed by atoms with Crippen molar-refractivity contribution < 1.29 is 18.9 Å². The van der Waals surface area contributed by atoms with Gasteiger partial charge in [-0.2, -0.15) is 0 Å². The van der Waals surface area contributed by atoms with Crippen molar-refractivity contribution in [3.05, 3.63) is 93.6 Å². The summed E-state index contributed by atoms with van der Waals surface area (Å²) in [5, 5.41) is 18.7. The maximum atomic E-state index is 12.8. The largest absolute Gasteiger partial charge is 0.449 e. The third-order valence-electron chi connectivity index (χ3n) is 5.06. The molecule has 0 bridgehead atoms. The number of nitro benzene ring substituents is 1. The molecule has 2 aromatic heterocycles. The average molecular weight is 432 g/mol. The molecule has 9 heteroatoms. The van der Waals surface area contributed by atoms with Crippen LogP contribution in [-0.2, 0) is 4.74 Å². The van der Waals surface area contributed by atoms with Gasteiger partial charge in [0, 0.05) is 34.8 Å². The van der Waals surface area contributed by atoms with Gasteiger partial charge in [-0.3, -0.25) is 10.1 Å². The molecule has 0 radical (unpaired) electrons. The number of ether oxygens (including phenoxy) is 1. The molecule has 2 heterocycles. The minimum atomic E-state index is -0.776. The Bertz CT molecular complexity index is 1280. The lowest BCUT2D eigenvalue weighted by Crippen LogP contribution is -2.11. The van der Waals surface area contributed by atoms with Crippen LogP contribution in [0.15, 0.2) is 65.1 Å². The quantitative estimate of drug-likeness (QED) is 0.240. The molecule has 0 aliphatic carbocycles. The Morgan fingerprint density at radius 2 is 1.78 bits per heavy atom. The summed E-state index contributed by atoms with van der Waals surface area (Å²) in [6, 6.07) is 17.3. The van der Waals surface area contributed by atoms with Gasteiger partial charge < -0.3 is 13.7 Å². The molecule has 32 heavy (non-hydrogen) atoms. The van der Waals surface area contributed by atoms with Crippen LogP contribution in [-0.4, -0.2) is 25.7 Å². The van der Waals surface area contributed by atoms with E-state index in [1.165, 1.54) is 24.3 Å². The molecule has 0 aliphatic heterocycles. The minimum absolute atomic E-state index is 0.0381. The van der Waals surface area contributed by atoms with Gasteiger partial charge in [-0.05, 0) is 51.1 Å². The fourth-order valence-corrected chi connectivity index (χ4v) is 3.46. The topological polar surface area (TPSA) is 113 Å². The summed E-state index contributed by atoms with van der Waals surface area (Å²) in [6.45, 7) is 5.43. The second kappa shape index (κ2) is 8.46. The van der Waals surface area contributed by atoms with Crippen LogP contribution in [0.3, 0.4) is 0 Å². The third-order valence-corrected chi connectivity index (χ3v) is 5.06. The van der Waals surface area contributed by atoms with Gasteiger partial charge in [0.25, 0.3) is 11.6 Å². The monoisotopic (exact) mass is 432 g/mol. The number of carbonyl (C=O) groups is 1. The fraction of sp³-hybridized carbons (Fsp3) is 0.174. The van der Waals surface area contributed by atoms with E-state index in [9.17, 15) is 14.9 Å². The number of esters is 1. The number of nitro groups is 1. The Hall–Kier alpha value is -4.27. The highest BCUT2D eigenvalue weighted by atomic mass is 16.6. The van der Waals surface area contributed by atoms with Crippen LogP contribution in [0.4, 0.5) is 5.69 Å². The normalized spacial score (nSPS) is 11.8. The second-order valence-corrected chi connectivity index (χ2v) is 7.25. The van der Waals surface area contributed by atoms with Crippen LogP contribution in [0, 0.1) is 24.0 Å². The standard InChI is InChI=1S/C23H20N4O5/c1-14-13-20(15(2)26(14)18-7-5-4-6-8-18)23(28)31-16(3)21-24-25-22(32-21)17-9-11-19(12-10-17)27(29)30/h4-13,16H,1-3H3. The van der Waals surface area contributed by atoms with E-state index in [0.29, 0.717) is 11.1 Å². The van der Waals surface area contributed by atoms with Crippen LogP contribution in [0.5, 0.6) is 0 Å². The predicted octanol–water partition coefficient (Wildman–Crippen LogP) is 4.97. The summed E-state index contributed by atoms with van der Waals surface area (Å²) < 4.78 is 13.2. The van der Waals surface area contributed by atoms with E-state index < -0.39 is 17.0 Å². The molecule has 0 saturated carbocycles. The van der Waals surface area contributed by atoms with E-state index in [1.807, 2.05) is 48.7 Å². The van der Waals surface area contributed by atoms with E-state index >= 15 is 0 Å². The van der Waals surface area contributed by atoms with Gasteiger partial charge in [0.1, 0.15) is 0 Å². The minimum Gasteiger partial charge on any atom is -0.449 e. The Morgan fingerprint density at radius 1 is 1.09 bits per heavy atom. The van der Waals surface area contributed by atoms with E-state index in [4.69, 9.17) is 9.15 Å².